The Balaban J connectivity index is 0.000000231. The molecule has 80 heavy (non-hydrogen) atoms. The first kappa shape index (κ1) is 61.6. The van der Waals surface area contributed by atoms with Crippen molar-refractivity contribution >= 4 is 58.5 Å². The van der Waals surface area contributed by atoms with Crippen molar-refractivity contribution in [3.05, 3.63) is 142 Å². The summed E-state index contributed by atoms with van der Waals surface area (Å²) in [7, 11) is 2.66. The first-order valence-corrected chi connectivity index (χ1v) is 29.3. The summed E-state index contributed by atoms with van der Waals surface area (Å²) < 4.78 is 34.4. The highest BCUT2D eigenvalue weighted by Crippen LogP contribution is 2.48. The summed E-state index contributed by atoms with van der Waals surface area (Å²) in [5, 5.41) is 1.52. The van der Waals surface area contributed by atoms with E-state index in [2.05, 4.69) is 47.2 Å². The number of allylic oxidation sites excluding steroid dienone is 2. The summed E-state index contributed by atoms with van der Waals surface area (Å²) in [6.45, 7) is 23.1. The smallest absolute Gasteiger partial charge is 0.314 e. The monoisotopic (exact) mass is 1130 g/mol. The molecule has 4 atom stereocenters. The minimum atomic E-state index is -0.783. The molecule has 2 heterocycles. The van der Waals surface area contributed by atoms with E-state index >= 15 is 0 Å². The number of esters is 4. The van der Waals surface area contributed by atoms with Gasteiger partial charge in [-0.05, 0) is 201 Å². The topological polar surface area (TPSA) is 130 Å². The van der Waals surface area contributed by atoms with Gasteiger partial charge in [0.1, 0.15) is 22.7 Å². The quantitative estimate of drug-likeness (QED) is 0.0407. The van der Waals surface area contributed by atoms with Crippen LogP contribution in [-0.4, -0.2) is 88.7 Å². The fourth-order valence-electron chi connectivity index (χ4n) is 11.9. The third-order valence-electron chi connectivity index (χ3n) is 15.7. The minimum Gasteiger partial charge on any atom is -0.490 e. The number of nitrogens with zero attached hydrogens (tertiary/aromatic N) is 2. The average Bonchev–Trinajstić information content (AvgIpc) is 3.75. The second-order valence-electron chi connectivity index (χ2n) is 24.0. The molecule has 0 fully saturated rings. The summed E-state index contributed by atoms with van der Waals surface area (Å²) in [6, 6.07) is 24.1. The zero-order valence-electron chi connectivity index (χ0n) is 48.5. The van der Waals surface area contributed by atoms with Crippen molar-refractivity contribution in [2.24, 2.45) is 0 Å². The second kappa shape index (κ2) is 27.2. The fraction of sp³-hybridized carbons (Fsp3) is 0.515. The van der Waals surface area contributed by atoms with Gasteiger partial charge in [-0.15, -0.1) is 13.2 Å². The molecule has 2 aliphatic carbocycles. The van der Waals surface area contributed by atoms with Crippen LogP contribution in [0.25, 0.3) is 0 Å². The predicted molar refractivity (Wildman–Crippen MR) is 319 cm³/mol. The summed E-state index contributed by atoms with van der Waals surface area (Å²) >= 11 is 12.7. The summed E-state index contributed by atoms with van der Waals surface area (Å²) in [4.78, 5) is 56.1. The Morgan fingerprint density at radius 3 is 1.36 bits per heavy atom. The van der Waals surface area contributed by atoms with E-state index in [0.29, 0.717) is 24.3 Å². The van der Waals surface area contributed by atoms with Crippen LogP contribution in [0.3, 0.4) is 0 Å². The predicted octanol–water partition coefficient (Wildman–Crippen LogP) is 14.3. The molecule has 0 amide bonds. The van der Waals surface area contributed by atoms with Gasteiger partial charge in [-0.25, -0.2) is 0 Å². The molecule has 4 aromatic rings. The Hall–Kier alpha value is -5.98. The Kier molecular flexibility index (Phi) is 20.9. The van der Waals surface area contributed by atoms with Crippen molar-refractivity contribution in [1.82, 2.24) is 0 Å². The van der Waals surface area contributed by atoms with Gasteiger partial charge in [0.25, 0.3) is 0 Å². The average molecular weight is 1140 g/mol. The molecule has 14 heteroatoms. The van der Waals surface area contributed by atoms with Gasteiger partial charge in [0, 0.05) is 47.1 Å². The van der Waals surface area contributed by atoms with Crippen molar-refractivity contribution < 1.29 is 47.6 Å². The molecule has 4 aliphatic rings. The maximum atomic E-state index is 13.3. The minimum absolute atomic E-state index is 0.0948. The number of hydrogen-bond acceptors (Lipinski definition) is 12. The number of carbonyl (C=O) groups is 4. The van der Waals surface area contributed by atoms with E-state index in [9.17, 15) is 19.2 Å². The SMILES string of the molecule is C=CCCCCN1C[C@@]2(CCCc3cc(Cl)ccc32)COc2ccc([C@@H](CC(=O)OC)C(=O)OC(C)(C)C)cc21.C=CCCCCN1C[C@@]2(CCCc3cc(Cl)ccc32)COc2ccc([C@H](CC(=O)OC)C(=O)OC(C)(C)C)cc21. The second-order valence-corrected chi connectivity index (χ2v) is 24.9. The molecule has 0 saturated heterocycles. The Bertz CT molecular complexity index is 2660. The molecular formula is C66H84Cl2N2O10. The lowest BCUT2D eigenvalue weighted by Crippen LogP contribution is -2.46. The molecule has 2 spiro atoms. The Labute approximate surface area is 485 Å². The lowest BCUT2D eigenvalue weighted by Gasteiger charge is -2.41. The number of carbonyl (C=O) groups excluding carboxylic acids is 4. The Morgan fingerprint density at radius 1 is 0.600 bits per heavy atom. The highest BCUT2D eigenvalue weighted by Gasteiger charge is 2.44. The van der Waals surface area contributed by atoms with Crippen molar-refractivity contribution in [2.75, 3.05) is 63.4 Å². The number of unbranched alkanes of at least 4 members (excludes halogenated alkanes) is 4. The van der Waals surface area contributed by atoms with E-state index < -0.39 is 46.9 Å². The first-order chi connectivity index (χ1) is 38.1. The maximum Gasteiger partial charge on any atom is 0.314 e. The van der Waals surface area contributed by atoms with Crippen molar-refractivity contribution in [2.45, 2.75) is 165 Å². The van der Waals surface area contributed by atoms with Crippen molar-refractivity contribution in [3.63, 3.8) is 0 Å². The number of benzene rings is 4. The van der Waals surface area contributed by atoms with E-state index in [4.69, 9.17) is 51.6 Å². The van der Waals surface area contributed by atoms with Crippen LogP contribution in [0.1, 0.15) is 164 Å². The molecule has 0 radical (unpaired) electrons. The van der Waals surface area contributed by atoms with Crippen LogP contribution in [0.5, 0.6) is 11.5 Å². The number of fused-ring (bicyclic) bond motifs is 6. The van der Waals surface area contributed by atoms with Gasteiger partial charge in [-0.3, -0.25) is 19.2 Å². The van der Waals surface area contributed by atoms with Gasteiger partial charge in [-0.1, -0.05) is 59.6 Å². The van der Waals surface area contributed by atoms with E-state index in [1.54, 1.807) is 0 Å². The number of anilines is 2. The van der Waals surface area contributed by atoms with Gasteiger partial charge in [0.15, 0.2) is 0 Å². The number of aryl methyl sites for hydroxylation is 2. The zero-order valence-corrected chi connectivity index (χ0v) is 50.0. The highest BCUT2D eigenvalue weighted by molar-refractivity contribution is 6.31. The molecule has 2 aliphatic heterocycles. The lowest BCUT2D eigenvalue weighted by molar-refractivity contribution is -0.160. The van der Waals surface area contributed by atoms with Gasteiger partial charge in [0.05, 0.1) is 63.5 Å². The van der Waals surface area contributed by atoms with E-state index in [-0.39, 0.29) is 23.7 Å². The van der Waals surface area contributed by atoms with E-state index in [0.717, 1.165) is 136 Å². The fourth-order valence-corrected chi connectivity index (χ4v) is 12.3. The number of rotatable bonds is 18. The van der Waals surface area contributed by atoms with E-state index in [1.165, 1.54) is 36.5 Å². The van der Waals surface area contributed by atoms with E-state index in [1.807, 2.05) is 102 Å². The third kappa shape index (κ3) is 15.7. The van der Waals surface area contributed by atoms with Crippen molar-refractivity contribution in [1.29, 1.82) is 0 Å². The first-order valence-electron chi connectivity index (χ1n) is 28.5. The van der Waals surface area contributed by atoms with Gasteiger partial charge >= 0.3 is 23.9 Å². The van der Waals surface area contributed by atoms with Crippen LogP contribution >= 0.6 is 23.2 Å². The van der Waals surface area contributed by atoms with Crippen LogP contribution in [0.2, 0.25) is 10.0 Å². The lowest BCUT2D eigenvalue weighted by atomic mass is 9.70. The largest absolute Gasteiger partial charge is 0.490 e. The summed E-state index contributed by atoms with van der Waals surface area (Å²) in [6.07, 6.45) is 15.9. The number of ether oxygens (including phenoxy) is 6. The van der Waals surface area contributed by atoms with Gasteiger partial charge in [0.2, 0.25) is 0 Å². The van der Waals surface area contributed by atoms with Gasteiger partial charge < -0.3 is 38.2 Å². The third-order valence-corrected chi connectivity index (χ3v) is 16.1. The van der Waals surface area contributed by atoms with Crippen LogP contribution in [0.15, 0.2) is 98.1 Å². The van der Waals surface area contributed by atoms with Gasteiger partial charge in [-0.2, -0.15) is 0 Å². The molecule has 8 rings (SSSR count). The van der Waals surface area contributed by atoms with Crippen LogP contribution < -0.4 is 19.3 Å². The molecule has 0 unspecified atom stereocenters. The molecule has 0 bridgehead atoms. The Morgan fingerprint density at radius 2 is 1.00 bits per heavy atom. The molecule has 4 aromatic carbocycles. The van der Waals surface area contributed by atoms with Crippen LogP contribution in [0.4, 0.5) is 11.4 Å². The number of methoxy groups -OCH3 is 2. The molecule has 0 aromatic heterocycles. The molecule has 12 nitrogen and oxygen atoms in total. The normalized spacial score (nSPS) is 19.1. The summed E-state index contributed by atoms with van der Waals surface area (Å²) in [5.41, 5.74) is 6.80. The molecular weight excluding hydrogens is 1050 g/mol. The highest BCUT2D eigenvalue weighted by atomic mass is 35.5. The standard InChI is InChI=1S/2C33H42ClNO5/c2*1-6-7-8-9-17-35-21-33(16-10-11-24-18-25(34)13-14-27(24)33)22-39-29-15-12-23(19-28(29)35)26(20-30(36)38-5)31(37)40-32(2,3)4/h2*6,12-15,18-19,26H,1,7-11,16-17,20-22H2,2-5H3/t26-,33+;26-,33-/m10/s1. The van der Waals surface area contributed by atoms with Crippen molar-refractivity contribution in [3.8, 4) is 11.5 Å². The molecule has 0 N–H and O–H groups in total. The summed E-state index contributed by atoms with van der Waals surface area (Å²) in [5.74, 6) is -1.81. The molecule has 0 saturated carbocycles. The van der Waals surface area contributed by atoms with Crippen LogP contribution in [-0.2, 0) is 61.8 Å². The number of halogens is 2. The molecule has 432 valence electrons. The number of hydrogen-bond donors (Lipinski definition) is 0. The zero-order chi connectivity index (χ0) is 57.8. The maximum absolute atomic E-state index is 13.3. The van der Waals surface area contributed by atoms with Crippen LogP contribution in [0, 0.1) is 0 Å².